The molecule has 0 aliphatic carbocycles. The Kier molecular flexibility index (Phi) is 27.2. The first-order chi connectivity index (χ1) is 35.8. The van der Waals surface area contributed by atoms with Crippen LogP contribution in [0.5, 0.6) is 0 Å². The zero-order chi connectivity index (χ0) is 53.1. The van der Waals surface area contributed by atoms with Gasteiger partial charge in [-0.05, 0) is 51.4 Å². The van der Waals surface area contributed by atoms with E-state index >= 15 is 0 Å². The highest BCUT2D eigenvalue weighted by Gasteiger charge is 2.44. The van der Waals surface area contributed by atoms with E-state index in [1.165, 1.54) is 6.42 Å². The van der Waals surface area contributed by atoms with Crippen LogP contribution in [0.3, 0.4) is 0 Å². The Bertz CT molecular complexity index is 1860. The number of carbonyl (C=O) groups is 10. The average Bonchev–Trinajstić information content (AvgIpc) is 4.23. The molecule has 0 aromatic rings. The Labute approximate surface area is 445 Å². The predicted octanol–water partition coefficient (Wildman–Crippen LogP) is 6.28. The van der Waals surface area contributed by atoms with Crippen molar-refractivity contribution in [1.82, 2.24) is 41.9 Å². The molecule has 416 valence electrons. The number of nitrogens with one attached hydrogen (secondary N) is 6. The number of rotatable bonds is 36. The summed E-state index contributed by atoms with van der Waals surface area (Å²) in [6.45, 7) is 1.45. The van der Waals surface area contributed by atoms with E-state index in [0.717, 1.165) is 151 Å². The molecular formula is C52H84N8O12S2. The Morgan fingerprint density at radius 2 is 0.905 bits per heavy atom. The summed E-state index contributed by atoms with van der Waals surface area (Å²) < 4.78 is 0. The lowest BCUT2D eigenvalue weighted by Crippen LogP contribution is -2.44. The Morgan fingerprint density at radius 3 is 1.35 bits per heavy atom. The molecule has 6 aliphatic heterocycles. The maximum Gasteiger partial charge on any atom is 0.333 e. The van der Waals surface area contributed by atoms with Gasteiger partial charge < -0.3 is 41.8 Å². The number of aliphatic carboxylic acids is 1. The summed E-state index contributed by atoms with van der Waals surface area (Å²) in [5.74, 6) is -1.06. The van der Waals surface area contributed by atoms with Gasteiger partial charge in [-0.25, -0.2) is 19.2 Å². The highest BCUT2D eigenvalue weighted by molar-refractivity contribution is 8.00. The molecule has 7 atom stereocenters. The fourth-order valence-corrected chi connectivity index (χ4v) is 13.5. The summed E-state index contributed by atoms with van der Waals surface area (Å²) in [4.78, 5) is 122. The van der Waals surface area contributed by atoms with Gasteiger partial charge in [-0.1, -0.05) is 103 Å². The number of nitrogens with zero attached hydrogens (tertiary/aromatic N) is 2. The first-order valence-electron chi connectivity index (χ1n) is 27.9. The zero-order valence-corrected chi connectivity index (χ0v) is 45.1. The number of carboxylic acids is 1. The number of amides is 10. The summed E-state index contributed by atoms with van der Waals surface area (Å²) >= 11 is 3.82. The Balaban J connectivity index is 0.000000274. The van der Waals surface area contributed by atoms with Crippen molar-refractivity contribution in [1.29, 1.82) is 0 Å². The average molecular weight is 1080 g/mol. The maximum atomic E-state index is 12.0. The second kappa shape index (κ2) is 33.4. The minimum absolute atomic E-state index is 0.0503. The van der Waals surface area contributed by atoms with Gasteiger partial charge in [0.05, 0.1) is 24.2 Å². The molecule has 74 heavy (non-hydrogen) atoms. The largest absolute Gasteiger partial charge is 0.480 e. The fourth-order valence-electron chi connectivity index (χ4n) is 10.4. The molecule has 2 unspecified atom stereocenters. The third kappa shape index (κ3) is 21.2. The minimum Gasteiger partial charge on any atom is -0.480 e. The molecule has 0 bridgehead atoms. The maximum absolute atomic E-state index is 12.0. The molecule has 0 radical (unpaired) electrons. The van der Waals surface area contributed by atoms with Gasteiger partial charge in [-0.2, -0.15) is 23.5 Å². The number of likely N-dealkylation sites (tertiary alicyclic amines) is 1. The van der Waals surface area contributed by atoms with Crippen LogP contribution >= 0.6 is 23.5 Å². The lowest BCUT2D eigenvalue weighted by Gasteiger charge is -2.22. The van der Waals surface area contributed by atoms with Gasteiger partial charge in [0.25, 0.3) is 11.8 Å². The van der Waals surface area contributed by atoms with Crippen molar-refractivity contribution in [3.05, 3.63) is 0 Å². The van der Waals surface area contributed by atoms with Crippen LogP contribution in [0.15, 0.2) is 0 Å². The molecule has 20 nitrogen and oxygen atoms in total. The quantitative estimate of drug-likeness (QED) is 0.0207. The van der Waals surface area contributed by atoms with Gasteiger partial charge in [0.15, 0.2) is 0 Å². The van der Waals surface area contributed by atoms with Gasteiger partial charge in [0, 0.05) is 80.0 Å². The van der Waals surface area contributed by atoms with Crippen LogP contribution in [0.2, 0.25) is 0 Å². The van der Waals surface area contributed by atoms with Crippen LogP contribution in [0.25, 0.3) is 0 Å². The summed E-state index contributed by atoms with van der Waals surface area (Å²) in [7, 11) is 0. The van der Waals surface area contributed by atoms with Crippen LogP contribution in [0.4, 0.5) is 9.59 Å². The molecule has 6 saturated heterocycles. The Morgan fingerprint density at radius 1 is 0.514 bits per heavy atom. The second-order valence-corrected chi connectivity index (χ2v) is 23.1. The van der Waals surface area contributed by atoms with Crippen molar-refractivity contribution in [3.63, 3.8) is 0 Å². The number of hydrogen-bond acceptors (Lipinski definition) is 13. The molecule has 0 aromatic carbocycles. The molecule has 22 heteroatoms. The summed E-state index contributed by atoms with van der Waals surface area (Å²) in [5, 5.41) is 28.9. The number of fused-ring (bicyclic) bond motifs is 2. The van der Waals surface area contributed by atoms with Crippen LogP contribution in [-0.2, 0) is 43.2 Å². The lowest BCUT2D eigenvalue weighted by atomic mass is 10.0. The number of hydrogen-bond donors (Lipinski definition) is 7. The van der Waals surface area contributed by atoms with Crippen molar-refractivity contribution in [2.24, 2.45) is 0 Å². The number of unbranched alkanes of at least 4 members (excludes halogenated alkanes) is 17. The van der Waals surface area contributed by atoms with Crippen molar-refractivity contribution >= 4 is 83.0 Å². The Hall–Kier alpha value is -4.60. The highest BCUT2D eigenvalue weighted by Crippen LogP contribution is 2.34. The second-order valence-electron chi connectivity index (χ2n) is 20.5. The molecule has 6 aliphatic rings. The van der Waals surface area contributed by atoms with E-state index in [1.807, 2.05) is 23.5 Å². The van der Waals surface area contributed by atoms with Crippen LogP contribution in [-0.4, -0.2) is 140 Å². The van der Waals surface area contributed by atoms with Crippen LogP contribution < -0.4 is 31.9 Å². The van der Waals surface area contributed by atoms with E-state index in [4.69, 9.17) is 4.84 Å². The lowest BCUT2D eigenvalue weighted by molar-refractivity contribution is -0.197. The van der Waals surface area contributed by atoms with Gasteiger partial charge in [0.2, 0.25) is 23.6 Å². The van der Waals surface area contributed by atoms with E-state index in [-0.39, 0.29) is 92.0 Å². The monoisotopic (exact) mass is 1080 g/mol. The van der Waals surface area contributed by atoms with Gasteiger partial charge in [-0.3, -0.25) is 33.7 Å². The summed E-state index contributed by atoms with van der Waals surface area (Å²) in [6, 6.07) is -0.145. The number of carboxylic acid groups (broad SMARTS) is 1. The topological polar surface area (TPSA) is 279 Å². The van der Waals surface area contributed by atoms with Gasteiger partial charge in [0.1, 0.15) is 6.04 Å². The molecule has 6 fully saturated rings. The predicted molar refractivity (Wildman–Crippen MR) is 281 cm³/mol. The molecule has 0 spiro atoms. The smallest absolute Gasteiger partial charge is 0.333 e. The molecule has 7 N–H and O–H groups in total. The van der Waals surface area contributed by atoms with Gasteiger partial charge >= 0.3 is 24.0 Å². The highest BCUT2D eigenvalue weighted by atomic mass is 32.2. The molecule has 6 heterocycles. The first kappa shape index (κ1) is 60.3. The molecule has 0 aromatic heterocycles. The van der Waals surface area contributed by atoms with E-state index in [2.05, 4.69) is 31.9 Å². The van der Waals surface area contributed by atoms with Crippen LogP contribution in [0, 0.1) is 0 Å². The standard InChI is InChI=1S/2C26H42N4O6S/c31-21(13-9-8-12-20-24-18(17-37-20)28-26(36)29-24)27-16-10-6-4-2-1-3-5-7-11-19(25(34)35)30-22(32)14-15-23(30)33;31-21(13-10-9-12-20-25-19(18-37-20)28-26(35)29-25)27-17-11-7-5-3-1-2-4-6-8-14-24(34)36-30-22(32)15-16-23(30)33/h18-20,24H,1-17H2,(H,27,31)(H,34,35)(H2,28,29,36);19-20,25H,1-18H2,(H,27,31)(H2,28,29,35)/t18-,19?,20?,24-;19-,20-,25-/m00/s1. The van der Waals surface area contributed by atoms with E-state index in [1.54, 1.807) is 0 Å². The summed E-state index contributed by atoms with van der Waals surface area (Å²) in [5.41, 5.74) is 0. The van der Waals surface area contributed by atoms with E-state index < -0.39 is 29.8 Å². The molecular weight excluding hydrogens is 993 g/mol. The first-order valence-corrected chi connectivity index (χ1v) is 30.0. The normalized spacial score (nSPS) is 23.1. The molecule has 0 saturated carbocycles. The third-order valence-electron chi connectivity index (χ3n) is 14.7. The van der Waals surface area contributed by atoms with Gasteiger partial charge in [-0.15, -0.1) is 5.06 Å². The van der Waals surface area contributed by atoms with Crippen molar-refractivity contribution in [2.75, 3.05) is 24.6 Å². The number of carbonyl (C=O) groups excluding carboxylic acids is 9. The van der Waals surface area contributed by atoms with Crippen molar-refractivity contribution < 1.29 is 57.9 Å². The number of urea groups is 2. The number of imide groups is 2. The summed E-state index contributed by atoms with van der Waals surface area (Å²) in [6.07, 6.45) is 25.3. The zero-order valence-electron chi connectivity index (χ0n) is 43.4. The third-order valence-corrected chi connectivity index (χ3v) is 17.7. The molecule has 10 amide bonds. The van der Waals surface area contributed by atoms with E-state index in [0.29, 0.717) is 54.2 Å². The van der Waals surface area contributed by atoms with Crippen molar-refractivity contribution in [2.45, 2.75) is 240 Å². The molecule has 6 rings (SSSR count). The number of hydroxylamine groups is 2. The van der Waals surface area contributed by atoms with Crippen LogP contribution in [0.1, 0.15) is 199 Å². The fraction of sp³-hybridized carbons (Fsp3) is 0.808. The van der Waals surface area contributed by atoms with Crippen molar-refractivity contribution in [3.8, 4) is 0 Å². The minimum atomic E-state index is -1.10. The number of thioether (sulfide) groups is 2. The SMILES string of the molecule is O=C(CCCCC1SC[C@@H]2NC(=O)N[C@H]12)NCCCCCCCCCCC(C(=O)O)N1C(=O)CCC1=O.O=C(CCCC[C@@H]1SC[C@@H]2NC(=O)N[C@@H]21)NCCCCCCCCCCCC(=O)ON1C(=O)CCC1=O. The van der Waals surface area contributed by atoms with E-state index in [9.17, 15) is 53.1 Å².